The van der Waals surface area contributed by atoms with Crippen molar-refractivity contribution in [3.8, 4) is 0 Å². The molecule has 7 heteroatoms. The highest BCUT2D eigenvalue weighted by molar-refractivity contribution is 7.51. The van der Waals surface area contributed by atoms with Crippen molar-refractivity contribution in [1.82, 2.24) is 0 Å². The monoisotopic (exact) mass is 270 g/mol. The van der Waals surface area contributed by atoms with E-state index in [1.807, 2.05) is 0 Å². The molecule has 0 amide bonds. The lowest BCUT2D eigenvalue weighted by Gasteiger charge is -2.27. The average molecular weight is 270 g/mol. The summed E-state index contributed by atoms with van der Waals surface area (Å²) in [6.07, 6.45) is -0.229. The molecule has 0 aliphatic heterocycles. The van der Waals surface area contributed by atoms with Crippen molar-refractivity contribution in [3.05, 3.63) is 0 Å². The second-order valence-electron chi connectivity index (χ2n) is 4.59. The zero-order chi connectivity index (χ0) is 13.4. The van der Waals surface area contributed by atoms with Gasteiger partial charge in [-0.15, -0.1) is 0 Å². The normalized spacial score (nSPS) is 13.0. The summed E-state index contributed by atoms with van der Waals surface area (Å²) in [7, 11) is 0.356. The number of ether oxygens (including phenoxy) is 2. The maximum absolute atomic E-state index is 10.5. The Morgan fingerprint density at radius 3 is 2.06 bits per heavy atom. The van der Waals surface area contributed by atoms with Crippen molar-refractivity contribution in [3.63, 3.8) is 0 Å². The third-order valence-electron chi connectivity index (χ3n) is 2.60. The zero-order valence-electron chi connectivity index (χ0n) is 11.0. The van der Waals surface area contributed by atoms with E-state index >= 15 is 0 Å². The van der Waals surface area contributed by atoms with E-state index in [9.17, 15) is 4.57 Å². The van der Waals surface area contributed by atoms with E-state index < -0.39 is 7.60 Å². The number of hydrogen-bond acceptors (Lipinski definition) is 3. The lowest BCUT2D eigenvalue weighted by molar-refractivity contribution is -0.888. The number of nitrogens with zero attached hydrogens (tertiary/aromatic N) is 1. The first kappa shape index (κ1) is 17.0. The van der Waals surface area contributed by atoms with Crippen molar-refractivity contribution in [2.24, 2.45) is 0 Å². The molecule has 0 saturated carbocycles. The van der Waals surface area contributed by atoms with Crippen molar-refractivity contribution in [1.29, 1.82) is 0 Å². The van der Waals surface area contributed by atoms with Gasteiger partial charge in [0.15, 0.2) is 0 Å². The predicted octanol–water partition coefficient (Wildman–Crippen LogP) is 0.294. The molecular formula is C10H25NO5P+. The Labute approximate surface area is 103 Å². The molecule has 2 N–H and O–H groups in total. The van der Waals surface area contributed by atoms with Gasteiger partial charge in [0.1, 0.15) is 6.54 Å². The highest BCUT2D eigenvalue weighted by Crippen LogP contribution is 2.33. The Balaban J connectivity index is 3.28. The van der Waals surface area contributed by atoms with Gasteiger partial charge in [-0.05, 0) is 6.92 Å². The molecule has 0 atom stereocenters. The van der Waals surface area contributed by atoms with E-state index in [0.29, 0.717) is 19.8 Å². The number of rotatable bonds is 10. The summed E-state index contributed by atoms with van der Waals surface area (Å²) in [6.45, 7) is 5.71. The van der Waals surface area contributed by atoms with Crippen LogP contribution in [0.2, 0.25) is 0 Å². The minimum Gasteiger partial charge on any atom is -0.378 e. The Hall–Kier alpha value is 0.0300. The largest absolute Gasteiger partial charge is 0.378 e. The maximum atomic E-state index is 10.5. The lowest BCUT2D eigenvalue weighted by atomic mass is 10.4. The van der Waals surface area contributed by atoms with Crippen molar-refractivity contribution < 1.29 is 28.3 Å². The summed E-state index contributed by atoms with van der Waals surface area (Å²) in [6, 6.07) is 0. The van der Waals surface area contributed by atoms with Crippen LogP contribution in [0.4, 0.5) is 0 Å². The van der Waals surface area contributed by atoms with E-state index in [-0.39, 0.29) is 12.8 Å². The number of likely N-dealkylation sites (N-methyl/N-ethyl adjacent to an activating group) is 1. The summed E-state index contributed by atoms with van der Waals surface area (Å²) < 4.78 is 21.8. The molecular weight excluding hydrogens is 245 g/mol. The van der Waals surface area contributed by atoms with Gasteiger partial charge < -0.3 is 23.7 Å². The van der Waals surface area contributed by atoms with Crippen LogP contribution in [-0.4, -0.2) is 74.0 Å². The van der Waals surface area contributed by atoms with E-state index in [2.05, 4.69) is 21.0 Å². The van der Waals surface area contributed by atoms with E-state index in [0.717, 1.165) is 17.6 Å². The van der Waals surface area contributed by atoms with E-state index in [1.165, 1.54) is 0 Å². The molecule has 0 aromatic heterocycles. The van der Waals surface area contributed by atoms with Crippen LogP contribution >= 0.6 is 7.60 Å². The Bertz CT molecular complexity index is 241. The van der Waals surface area contributed by atoms with E-state index in [4.69, 9.17) is 19.3 Å². The summed E-state index contributed by atoms with van der Waals surface area (Å²) in [5.41, 5.74) is 0. The van der Waals surface area contributed by atoms with Crippen LogP contribution in [-0.2, 0) is 14.0 Å². The third-order valence-corrected chi connectivity index (χ3v) is 3.36. The molecule has 0 aliphatic rings. The first-order valence-corrected chi connectivity index (χ1v) is 7.59. The summed E-state index contributed by atoms with van der Waals surface area (Å²) in [5.74, 6) is 0. The summed E-state index contributed by atoms with van der Waals surface area (Å²) in [5, 5.41) is 0. The minimum absolute atomic E-state index is 0.0736. The predicted molar refractivity (Wildman–Crippen MR) is 66.1 cm³/mol. The van der Waals surface area contributed by atoms with Crippen LogP contribution in [0, 0.1) is 0 Å². The van der Waals surface area contributed by atoms with Gasteiger partial charge in [-0.25, -0.2) is 0 Å². The molecule has 0 aliphatic carbocycles. The molecule has 0 saturated heterocycles. The first-order chi connectivity index (χ1) is 7.77. The van der Waals surface area contributed by atoms with Crippen LogP contribution in [0.25, 0.3) is 0 Å². The fourth-order valence-corrected chi connectivity index (χ4v) is 1.34. The van der Waals surface area contributed by atoms with Crippen molar-refractivity contribution in [2.75, 3.05) is 59.8 Å². The molecule has 0 spiro atoms. The van der Waals surface area contributed by atoms with Crippen LogP contribution in [0.3, 0.4) is 0 Å². The molecule has 0 heterocycles. The summed E-state index contributed by atoms with van der Waals surface area (Å²) >= 11 is 0. The second-order valence-corrected chi connectivity index (χ2v) is 6.37. The molecule has 104 valence electrons. The first-order valence-electron chi connectivity index (χ1n) is 5.79. The molecule has 6 nitrogen and oxygen atoms in total. The number of quaternary nitrogens is 1. The van der Waals surface area contributed by atoms with Gasteiger partial charge in [0.05, 0.1) is 53.2 Å². The van der Waals surface area contributed by atoms with Crippen LogP contribution in [0.15, 0.2) is 0 Å². The molecule has 0 aromatic carbocycles. The standard InChI is InChI=1S/C10H24NO5P/c1-4-11(2,3)5-6-15-7-8-16-9-10-17(12,13)14/h4-10H2,1-3H3,(H-,12,13,14)/p+1. The average Bonchev–Trinajstić information content (AvgIpc) is 2.20. The molecule has 0 fully saturated rings. The van der Waals surface area contributed by atoms with E-state index in [1.54, 1.807) is 0 Å². The highest BCUT2D eigenvalue weighted by atomic mass is 31.2. The van der Waals surface area contributed by atoms with Gasteiger partial charge >= 0.3 is 7.60 Å². The molecule has 17 heavy (non-hydrogen) atoms. The van der Waals surface area contributed by atoms with Gasteiger partial charge in [0.2, 0.25) is 0 Å². The van der Waals surface area contributed by atoms with Gasteiger partial charge in [0.25, 0.3) is 0 Å². The van der Waals surface area contributed by atoms with Gasteiger partial charge in [-0.1, -0.05) is 0 Å². The van der Waals surface area contributed by atoms with Crippen LogP contribution in [0.5, 0.6) is 0 Å². The smallest absolute Gasteiger partial charge is 0.327 e. The highest BCUT2D eigenvalue weighted by Gasteiger charge is 2.12. The van der Waals surface area contributed by atoms with Gasteiger partial charge in [-0.3, -0.25) is 4.57 Å². The van der Waals surface area contributed by atoms with Crippen molar-refractivity contribution >= 4 is 7.60 Å². The van der Waals surface area contributed by atoms with Gasteiger partial charge in [-0.2, -0.15) is 0 Å². The zero-order valence-corrected chi connectivity index (χ0v) is 11.9. The summed E-state index contributed by atoms with van der Waals surface area (Å²) in [4.78, 5) is 17.1. The van der Waals surface area contributed by atoms with Crippen LogP contribution < -0.4 is 0 Å². The quantitative estimate of drug-likeness (QED) is 0.339. The minimum atomic E-state index is -3.92. The maximum Gasteiger partial charge on any atom is 0.327 e. The molecule has 0 rings (SSSR count). The SMILES string of the molecule is CC[N+](C)(C)CCOCCOCCP(=O)(O)O. The molecule has 0 radical (unpaired) electrons. The molecule has 0 aromatic rings. The Morgan fingerprint density at radius 1 is 1.06 bits per heavy atom. The molecule has 0 bridgehead atoms. The third kappa shape index (κ3) is 12.3. The lowest BCUT2D eigenvalue weighted by Crippen LogP contribution is -2.42. The second kappa shape index (κ2) is 8.19. The fraction of sp³-hybridized carbons (Fsp3) is 1.00. The van der Waals surface area contributed by atoms with Crippen LogP contribution in [0.1, 0.15) is 6.92 Å². The van der Waals surface area contributed by atoms with Crippen molar-refractivity contribution in [2.45, 2.75) is 6.92 Å². The Kier molecular flexibility index (Phi) is 8.20. The topological polar surface area (TPSA) is 76.0 Å². The fourth-order valence-electron chi connectivity index (χ4n) is 0.975. The Morgan fingerprint density at radius 2 is 1.59 bits per heavy atom. The van der Waals surface area contributed by atoms with Gasteiger partial charge in [0, 0.05) is 0 Å². The number of hydrogen-bond donors (Lipinski definition) is 2. The molecule has 0 unspecified atom stereocenters.